The molecule has 122 valence electrons. The van der Waals surface area contributed by atoms with Gasteiger partial charge >= 0.3 is 0 Å². The van der Waals surface area contributed by atoms with E-state index in [1.54, 1.807) is 19.1 Å². The summed E-state index contributed by atoms with van der Waals surface area (Å²) >= 11 is 0. The lowest BCUT2D eigenvalue weighted by atomic mass is 9.84. The molecule has 2 aromatic rings. The van der Waals surface area contributed by atoms with Crippen LogP contribution in [0.2, 0.25) is 0 Å². The van der Waals surface area contributed by atoms with Gasteiger partial charge in [-0.2, -0.15) is 0 Å². The van der Waals surface area contributed by atoms with E-state index in [-0.39, 0.29) is 5.75 Å². The Bertz CT molecular complexity index is 737. The largest absolute Gasteiger partial charge is 0.224 e. The van der Waals surface area contributed by atoms with E-state index in [1.807, 2.05) is 12.1 Å². The van der Waals surface area contributed by atoms with Gasteiger partial charge in [-0.1, -0.05) is 62.6 Å². The Labute approximate surface area is 139 Å². The van der Waals surface area contributed by atoms with Crippen LogP contribution in [0, 0.1) is 0 Å². The fraction of sp³-hybridized carbons (Fsp3) is 0.400. The molecule has 0 saturated heterocycles. The van der Waals surface area contributed by atoms with Gasteiger partial charge in [0.1, 0.15) is 0 Å². The minimum absolute atomic E-state index is 0.141. The molecule has 0 atom stereocenters. The van der Waals surface area contributed by atoms with Crippen LogP contribution in [0.3, 0.4) is 0 Å². The van der Waals surface area contributed by atoms with Gasteiger partial charge in [0.05, 0.1) is 10.6 Å². The normalized spacial score (nSPS) is 16.4. The molecule has 0 bridgehead atoms. The van der Waals surface area contributed by atoms with E-state index in [1.165, 1.54) is 37.7 Å². The Morgan fingerprint density at radius 3 is 1.87 bits per heavy atom. The highest BCUT2D eigenvalue weighted by molar-refractivity contribution is 7.91. The van der Waals surface area contributed by atoms with Crippen molar-refractivity contribution in [2.75, 3.05) is 5.75 Å². The van der Waals surface area contributed by atoms with Gasteiger partial charge in [-0.3, -0.25) is 0 Å². The molecule has 0 aliphatic heterocycles. The zero-order chi connectivity index (χ0) is 16.3. The molecule has 1 aliphatic carbocycles. The van der Waals surface area contributed by atoms with Gasteiger partial charge in [0.25, 0.3) is 0 Å². The number of hydrogen-bond acceptors (Lipinski definition) is 2. The molecular formula is C20H24O2S. The molecule has 2 aromatic carbocycles. The van der Waals surface area contributed by atoms with Crippen molar-refractivity contribution in [1.29, 1.82) is 0 Å². The first-order valence-electron chi connectivity index (χ1n) is 8.53. The number of hydrogen-bond donors (Lipinski definition) is 0. The maximum Gasteiger partial charge on any atom is 0.178 e. The van der Waals surface area contributed by atoms with E-state index < -0.39 is 9.84 Å². The molecular weight excluding hydrogens is 304 g/mol. The van der Waals surface area contributed by atoms with E-state index in [2.05, 4.69) is 24.3 Å². The third-order valence-electron chi connectivity index (χ3n) is 4.91. The molecule has 0 unspecified atom stereocenters. The van der Waals surface area contributed by atoms with E-state index >= 15 is 0 Å². The summed E-state index contributed by atoms with van der Waals surface area (Å²) in [5, 5.41) is 0. The van der Waals surface area contributed by atoms with E-state index in [9.17, 15) is 8.42 Å². The lowest BCUT2D eigenvalue weighted by molar-refractivity contribution is 0.443. The van der Waals surface area contributed by atoms with Gasteiger partial charge in [0, 0.05) is 0 Å². The number of rotatable bonds is 4. The summed E-state index contributed by atoms with van der Waals surface area (Å²) in [6.45, 7) is 1.67. The van der Waals surface area contributed by atoms with Crippen molar-refractivity contribution in [2.45, 2.75) is 49.8 Å². The van der Waals surface area contributed by atoms with E-state index in [0.717, 1.165) is 17.0 Å². The predicted molar refractivity (Wildman–Crippen MR) is 95.4 cm³/mol. The van der Waals surface area contributed by atoms with Crippen molar-refractivity contribution in [1.82, 2.24) is 0 Å². The lowest BCUT2D eigenvalue weighted by Gasteiger charge is -2.22. The molecule has 0 N–H and O–H groups in total. The van der Waals surface area contributed by atoms with Crippen LogP contribution in [0.1, 0.15) is 50.5 Å². The minimum Gasteiger partial charge on any atom is -0.224 e. The zero-order valence-corrected chi connectivity index (χ0v) is 14.5. The van der Waals surface area contributed by atoms with Crippen LogP contribution in [-0.2, 0) is 9.84 Å². The van der Waals surface area contributed by atoms with Gasteiger partial charge in [-0.25, -0.2) is 8.42 Å². The third-order valence-corrected chi connectivity index (χ3v) is 6.66. The first kappa shape index (κ1) is 16.3. The average Bonchev–Trinajstić information content (AvgIpc) is 2.63. The topological polar surface area (TPSA) is 34.1 Å². The Kier molecular flexibility index (Phi) is 4.86. The number of sulfone groups is 1. The van der Waals surface area contributed by atoms with Crippen LogP contribution in [0.15, 0.2) is 53.4 Å². The SMILES string of the molecule is CCS(=O)(=O)c1ccc(-c2ccc(C3CCCCC3)cc2)cc1. The fourth-order valence-electron chi connectivity index (χ4n) is 3.41. The lowest BCUT2D eigenvalue weighted by Crippen LogP contribution is -2.04. The van der Waals surface area contributed by atoms with Crippen LogP contribution >= 0.6 is 0 Å². The molecule has 2 nitrogen and oxygen atoms in total. The van der Waals surface area contributed by atoms with Crippen LogP contribution in [0.5, 0.6) is 0 Å². The van der Waals surface area contributed by atoms with Crippen LogP contribution in [0.4, 0.5) is 0 Å². The fourth-order valence-corrected chi connectivity index (χ4v) is 4.29. The van der Waals surface area contributed by atoms with Gasteiger partial charge in [-0.05, 0) is 47.6 Å². The summed E-state index contributed by atoms with van der Waals surface area (Å²) in [4.78, 5) is 0.405. The first-order valence-corrected chi connectivity index (χ1v) is 10.2. The second kappa shape index (κ2) is 6.88. The standard InChI is InChI=1S/C20H24O2S/c1-2-23(21,22)20-14-12-19(13-15-20)18-10-8-17(9-11-18)16-6-4-3-5-7-16/h8-16H,2-7H2,1H3. The molecule has 0 spiro atoms. The zero-order valence-electron chi connectivity index (χ0n) is 13.7. The van der Waals surface area contributed by atoms with Crippen molar-refractivity contribution < 1.29 is 8.42 Å². The predicted octanol–water partition coefficient (Wildman–Crippen LogP) is 5.19. The second-order valence-corrected chi connectivity index (χ2v) is 8.66. The molecule has 0 heterocycles. The summed E-state index contributed by atoms with van der Waals surface area (Å²) in [7, 11) is -3.12. The van der Waals surface area contributed by atoms with Crippen molar-refractivity contribution in [3.63, 3.8) is 0 Å². The van der Waals surface area contributed by atoms with Crippen LogP contribution < -0.4 is 0 Å². The molecule has 0 amide bonds. The number of benzene rings is 2. The molecule has 0 aromatic heterocycles. The van der Waals surface area contributed by atoms with Crippen molar-refractivity contribution in [2.24, 2.45) is 0 Å². The Morgan fingerprint density at radius 1 is 0.826 bits per heavy atom. The van der Waals surface area contributed by atoms with Gasteiger partial charge in [0.15, 0.2) is 9.84 Å². The maximum atomic E-state index is 11.9. The second-order valence-electron chi connectivity index (χ2n) is 6.38. The molecule has 1 saturated carbocycles. The van der Waals surface area contributed by atoms with Crippen molar-refractivity contribution in [3.05, 3.63) is 54.1 Å². The average molecular weight is 328 g/mol. The molecule has 0 radical (unpaired) electrons. The molecule has 23 heavy (non-hydrogen) atoms. The maximum absolute atomic E-state index is 11.9. The van der Waals surface area contributed by atoms with E-state index in [0.29, 0.717) is 4.90 Å². The summed E-state index contributed by atoms with van der Waals surface area (Å²) in [6, 6.07) is 16.0. The smallest absolute Gasteiger partial charge is 0.178 e. The highest BCUT2D eigenvalue weighted by Crippen LogP contribution is 2.33. The third kappa shape index (κ3) is 3.66. The van der Waals surface area contributed by atoms with Crippen LogP contribution in [-0.4, -0.2) is 14.2 Å². The van der Waals surface area contributed by atoms with Gasteiger partial charge < -0.3 is 0 Å². The minimum atomic E-state index is -3.12. The molecule has 1 fully saturated rings. The Morgan fingerprint density at radius 2 is 1.35 bits per heavy atom. The van der Waals surface area contributed by atoms with Gasteiger partial charge in [0.2, 0.25) is 0 Å². The summed E-state index contributed by atoms with van der Waals surface area (Å²) in [5.74, 6) is 0.859. The quantitative estimate of drug-likeness (QED) is 0.773. The van der Waals surface area contributed by atoms with Crippen molar-refractivity contribution >= 4 is 9.84 Å². The Hall–Kier alpha value is -1.61. The van der Waals surface area contributed by atoms with Crippen LogP contribution in [0.25, 0.3) is 11.1 Å². The first-order chi connectivity index (χ1) is 11.1. The van der Waals surface area contributed by atoms with Gasteiger partial charge in [-0.15, -0.1) is 0 Å². The summed E-state index contributed by atoms with van der Waals surface area (Å²) < 4.78 is 23.7. The monoisotopic (exact) mass is 328 g/mol. The summed E-state index contributed by atoms with van der Waals surface area (Å²) in [6.07, 6.45) is 6.69. The highest BCUT2D eigenvalue weighted by atomic mass is 32.2. The Balaban J connectivity index is 1.79. The highest BCUT2D eigenvalue weighted by Gasteiger charge is 2.15. The summed E-state index contributed by atoms with van der Waals surface area (Å²) in [5.41, 5.74) is 3.65. The molecule has 3 rings (SSSR count). The molecule has 1 aliphatic rings. The molecule has 3 heteroatoms. The van der Waals surface area contributed by atoms with E-state index in [4.69, 9.17) is 0 Å². The van der Waals surface area contributed by atoms with Crippen molar-refractivity contribution in [3.8, 4) is 11.1 Å².